The minimum atomic E-state index is 0.343. The van der Waals surface area contributed by atoms with Crippen LogP contribution >= 0.6 is 0 Å². The fraction of sp³-hybridized carbons (Fsp3) is 0.952. The van der Waals surface area contributed by atoms with Crippen LogP contribution < -0.4 is 0 Å². The maximum absolute atomic E-state index is 8.68. The molecule has 0 rings (SSSR count). The molecule has 0 unspecified atom stereocenters. The fourth-order valence-corrected chi connectivity index (χ4v) is 3.04. The van der Waals surface area contributed by atoms with Gasteiger partial charge in [0.25, 0.3) is 0 Å². The second-order valence-corrected chi connectivity index (χ2v) is 6.89. The molecule has 22 heavy (non-hydrogen) atoms. The topological polar surface area (TPSA) is 20.2 Å². The summed E-state index contributed by atoms with van der Waals surface area (Å²) in [6, 6.07) is 0. The van der Waals surface area contributed by atoms with Crippen molar-refractivity contribution in [1.29, 1.82) is 0 Å². The van der Waals surface area contributed by atoms with E-state index in [2.05, 4.69) is 13.3 Å². The molecule has 1 nitrogen and oxygen atoms in total. The van der Waals surface area contributed by atoms with E-state index in [0.29, 0.717) is 6.61 Å². The summed E-state index contributed by atoms with van der Waals surface area (Å²) in [7, 11) is 0. The molecule has 0 aliphatic carbocycles. The lowest BCUT2D eigenvalue weighted by Crippen LogP contribution is -1.85. The van der Waals surface area contributed by atoms with Crippen molar-refractivity contribution in [3.05, 3.63) is 6.42 Å². The first-order valence-electron chi connectivity index (χ1n) is 10.3. The molecule has 0 bridgehead atoms. The standard InChI is InChI=1S/C21H43O/c1-2-3-4-5-6-7-8-9-10-11-12-13-14-15-16-17-18-19-20-21-22/h18,22H,2-17,19-21H2,1H3. The van der Waals surface area contributed by atoms with E-state index in [1.165, 1.54) is 103 Å². The van der Waals surface area contributed by atoms with Crippen LogP contribution in [0.4, 0.5) is 0 Å². The molecule has 0 amide bonds. The average Bonchev–Trinajstić information content (AvgIpc) is 2.54. The Bertz CT molecular complexity index is 159. The number of unbranched alkanes of at least 4 members (excludes halogenated alkanes) is 18. The summed E-state index contributed by atoms with van der Waals surface area (Å²) in [5.74, 6) is 0. The molecule has 0 aromatic carbocycles. The third-order valence-corrected chi connectivity index (χ3v) is 4.58. The lowest BCUT2D eigenvalue weighted by atomic mass is 10.0. The highest BCUT2D eigenvalue weighted by molar-refractivity contribution is 4.64. The van der Waals surface area contributed by atoms with Crippen molar-refractivity contribution in [3.63, 3.8) is 0 Å². The van der Waals surface area contributed by atoms with E-state index in [1.54, 1.807) is 0 Å². The Morgan fingerprint density at radius 1 is 0.500 bits per heavy atom. The van der Waals surface area contributed by atoms with Gasteiger partial charge in [0, 0.05) is 6.61 Å². The number of aliphatic hydroxyl groups excluding tert-OH is 1. The Labute approximate surface area is 141 Å². The van der Waals surface area contributed by atoms with Gasteiger partial charge in [0.05, 0.1) is 0 Å². The molecular weight excluding hydrogens is 268 g/mol. The highest BCUT2D eigenvalue weighted by Crippen LogP contribution is 2.14. The predicted octanol–water partition coefficient (Wildman–Crippen LogP) is 7.22. The summed E-state index contributed by atoms with van der Waals surface area (Å²) in [6.45, 7) is 2.63. The van der Waals surface area contributed by atoms with E-state index in [-0.39, 0.29) is 0 Å². The zero-order chi connectivity index (χ0) is 16.1. The summed E-state index contributed by atoms with van der Waals surface area (Å²) in [6.07, 6.45) is 27.2. The maximum atomic E-state index is 8.68. The first-order valence-corrected chi connectivity index (χ1v) is 10.3. The largest absolute Gasteiger partial charge is 0.396 e. The molecule has 0 heterocycles. The quantitative estimate of drug-likeness (QED) is 0.249. The number of rotatable bonds is 19. The molecule has 0 spiro atoms. The van der Waals surface area contributed by atoms with Crippen LogP contribution in [0.3, 0.4) is 0 Å². The highest BCUT2D eigenvalue weighted by atomic mass is 16.2. The fourth-order valence-electron chi connectivity index (χ4n) is 3.04. The van der Waals surface area contributed by atoms with Gasteiger partial charge in [-0.05, 0) is 19.3 Å². The molecule has 0 saturated carbocycles. The summed E-state index contributed by atoms with van der Waals surface area (Å²) >= 11 is 0. The molecule has 0 aliphatic rings. The molecule has 1 heteroatoms. The van der Waals surface area contributed by atoms with E-state index in [1.807, 2.05) is 0 Å². The minimum Gasteiger partial charge on any atom is -0.396 e. The van der Waals surface area contributed by atoms with Crippen LogP contribution in [0, 0.1) is 6.42 Å². The van der Waals surface area contributed by atoms with Crippen LogP contribution in [0.25, 0.3) is 0 Å². The van der Waals surface area contributed by atoms with E-state index in [4.69, 9.17) is 5.11 Å². The van der Waals surface area contributed by atoms with Crippen molar-refractivity contribution in [1.82, 2.24) is 0 Å². The lowest BCUT2D eigenvalue weighted by molar-refractivity contribution is 0.287. The zero-order valence-electron chi connectivity index (χ0n) is 15.5. The minimum absolute atomic E-state index is 0.343. The maximum Gasteiger partial charge on any atom is 0.0431 e. The van der Waals surface area contributed by atoms with Gasteiger partial charge in [0.15, 0.2) is 0 Å². The molecule has 0 saturated heterocycles. The molecule has 0 aromatic rings. The second-order valence-electron chi connectivity index (χ2n) is 6.89. The molecule has 0 aromatic heterocycles. The second kappa shape index (κ2) is 21.0. The third kappa shape index (κ3) is 20.0. The molecule has 0 fully saturated rings. The Kier molecular flexibility index (Phi) is 20.9. The Morgan fingerprint density at radius 3 is 1.27 bits per heavy atom. The monoisotopic (exact) mass is 311 g/mol. The van der Waals surface area contributed by atoms with E-state index < -0.39 is 0 Å². The van der Waals surface area contributed by atoms with Gasteiger partial charge in [0.1, 0.15) is 0 Å². The Morgan fingerprint density at radius 2 is 0.864 bits per heavy atom. The van der Waals surface area contributed by atoms with Gasteiger partial charge in [-0.15, -0.1) is 0 Å². The van der Waals surface area contributed by atoms with Crippen molar-refractivity contribution in [3.8, 4) is 0 Å². The normalized spacial score (nSPS) is 11.2. The first kappa shape index (κ1) is 22.0. The molecular formula is C21H43O. The van der Waals surface area contributed by atoms with Crippen molar-refractivity contribution in [2.45, 2.75) is 122 Å². The van der Waals surface area contributed by atoms with Gasteiger partial charge in [-0.25, -0.2) is 0 Å². The number of hydrogen-bond acceptors (Lipinski definition) is 1. The molecule has 0 atom stereocenters. The summed E-state index contributed by atoms with van der Waals surface area (Å²) in [5, 5.41) is 8.68. The van der Waals surface area contributed by atoms with Gasteiger partial charge in [-0.2, -0.15) is 0 Å². The van der Waals surface area contributed by atoms with Gasteiger partial charge < -0.3 is 5.11 Å². The van der Waals surface area contributed by atoms with Crippen LogP contribution in [0.5, 0.6) is 0 Å². The van der Waals surface area contributed by atoms with Gasteiger partial charge in [-0.3, -0.25) is 0 Å². The molecule has 1 radical (unpaired) electrons. The number of hydrogen-bond donors (Lipinski definition) is 1. The lowest BCUT2D eigenvalue weighted by Gasteiger charge is -2.03. The van der Waals surface area contributed by atoms with Crippen molar-refractivity contribution in [2.75, 3.05) is 6.61 Å². The zero-order valence-corrected chi connectivity index (χ0v) is 15.5. The van der Waals surface area contributed by atoms with Crippen molar-refractivity contribution < 1.29 is 5.11 Å². The summed E-state index contributed by atoms with van der Waals surface area (Å²) in [4.78, 5) is 0. The third-order valence-electron chi connectivity index (χ3n) is 4.58. The number of aliphatic hydroxyl groups is 1. The summed E-state index contributed by atoms with van der Waals surface area (Å²) in [5.41, 5.74) is 0. The van der Waals surface area contributed by atoms with Crippen LogP contribution in [0.15, 0.2) is 0 Å². The van der Waals surface area contributed by atoms with Gasteiger partial charge in [-0.1, -0.05) is 110 Å². The molecule has 0 aliphatic heterocycles. The van der Waals surface area contributed by atoms with Crippen molar-refractivity contribution in [2.24, 2.45) is 0 Å². The van der Waals surface area contributed by atoms with Crippen LogP contribution in [-0.2, 0) is 0 Å². The van der Waals surface area contributed by atoms with Crippen LogP contribution in [0.2, 0.25) is 0 Å². The first-order chi connectivity index (χ1) is 10.9. The summed E-state index contributed by atoms with van der Waals surface area (Å²) < 4.78 is 0. The van der Waals surface area contributed by atoms with Gasteiger partial charge in [0.2, 0.25) is 0 Å². The van der Waals surface area contributed by atoms with E-state index in [9.17, 15) is 0 Å². The average molecular weight is 312 g/mol. The van der Waals surface area contributed by atoms with E-state index >= 15 is 0 Å². The Hall–Kier alpha value is -0.0400. The Balaban J connectivity index is 2.91. The highest BCUT2D eigenvalue weighted by Gasteiger charge is 1.95. The van der Waals surface area contributed by atoms with Crippen LogP contribution in [-0.4, -0.2) is 11.7 Å². The van der Waals surface area contributed by atoms with Crippen LogP contribution in [0.1, 0.15) is 122 Å². The molecule has 133 valence electrons. The van der Waals surface area contributed by atoms with E-state index in [0.717, 1.165) is 12.8 Å². The van der Waals surface area contributed by atoms with Gasteiger partial charge >= 0.3 is 0 Å². The van der Waals surface area contributed by atoms with Crippen molar-refractivity contribution >= 4 is 0 Å². The SMILES string of the molecule is CCCCCCCCCCCCCCCCC[CH]CCCO. The smallest absolute Gasteiger partial charge is 0.0431 e. The predicted molar refractivity (Wildman–Crippen MR) is 100 cm³/mol. The molecule has 1 N–H and O–H groups in total.